The van der Waals surface area contributed by atoms with Crippen molar-refractivity contribution in [3.05, 3.63) is 35.4 Å². The van der Waals surface area contributed by atoms with Gasteiger partial charge in [-0.25, -0.2) is 0 Å². The molecule has 0 spiro atoms. The van der Waals surface area contributed by atoms with Crippen molar-refractivity contribution in [1.29, 1.82) is 0 Å². The quantitative estimate of drug-likeness (QED) is 0.719. The summed E-state index contributed by atoms with van der Waals surface area (Å²) in [7, 11) is 1.91. The molecule has 0 fully saturated rings. The van der Waals surface area contributed by atoms with Gasteiger partial charge in [0.25, 0.3) is 5.91 Å². The highest BCUT2D eigenvalue weighted by Gasteiger charge is 2.03. The zero-order chi connectivity index (χ0) is 11.8. The molecule has 0 unspecified atom stereocenters. The zero-order valence-electron chi connectivity index (χ0n) is 10.0. The number of carbonyl (C=O) groups excluding carboxylic acids is 1. The van der Waals surface area contributed by atoms with Gasteiger partial charge in [-0.05, 0) is 31.2 Å². The Bertz CT molecular complexity index is 319. The SMILES string of the molecule is CCCCNC(=O)c1ccc(CNC)cc1. The third kappa shape index (κ3) is 4.03. The molecule has 1 aromatic carbocycles. The first-order valence-electron chi connectivity index (χ1n) is 5.79. The van der Waals surface area contributed by atoms with Gasteiger partial charge in [-0.15, -0.1) is 0 Å². The van der Waals surface area contributed by atoms with Gasteiger partial charge >= 0.3 is 0 Å². The number of hydrogen-bond acceptors (Lipinski definition) is 2. The van der Waals surface area contributed by atoms with Crippen LogP contribution in [-0.2, 0) is 6.54 Å². The minimum Gasteiger partial charge on any atom is -0.352 e. The topological polar surface area (TPSA) is 41.1 Å². The summed E-state index contributed by atoms with van der Waals surface area (Å²) >= 11 is 0. The molecule has 0 aromatic heterocycles. The summed E-state index contributed by atoms with van der Waals surface area (Å²) in [6, 6.07) is 7.69. The molecule has 1 rings (SSSR count). The summed E-state index contributed by atoms with van der Waals surface area (Å²) in [5.74, 6) is 0.0180. The van der Waals surface area contributed by atoms with Crippen molar-refractivity contribution in [1.82, 2.24) is 10.6 Å². The fourth-order valence-electron chi connectivity index (χ4n) is 1.46. The lowest BCUT2D eigenvalue weighted by molar-refractivity contribution is 0.0953. The lowest BCUT2D eigenvalue weighted by atomic mass is 10.1. The van der Waals surface area contributed by atoms with Gasteiger partial charge < -0.3 is 10.6 Å². The molecule has 0 aliphatic heterocycles. The second kappa shape index (κ2) is 7.01. The number of amides is 1. The average Bonchev–Trinajstić information content (AvgIpc) is 2.30. The summed E-state index contributed by atoms with van der Waals surface area (Å²) in [5, 5.41) is 5.97. The van der Waals surface area contributed by atoms with E-state index in [0.29, 0.717) is 0 Å². The van der Waals surface area contributed by atoms with Crippen molar-refractivity contribution < 1.29 is 4.79 Å². The third-order valence-electron chi connectivity index (χ3n) is 2.41. The van der Waals surface area contributed by atoms with Crippen LogP contribution in [0.2, 0.25) is 0 Å². The molecule has 0 aliphatic carbocycles. The lowest BCUT2D eigenvalue weighted by Gasteiger charge is -2.05. The molecule has 0 aliphatic rings. The number of carbonyl (C=O) groups is 1. The van der Waals surface area contributed by atoms with Gasteiger partial charge in [-0.3, -0.25) is 4.79 Å². The molecule has 0 atom stereocenters. The van der Waals surface area contributed by atoms with Crippen LogP contribution in [0.4, 0.5) is 0 Å². The minimum absolute atomic E-state index is 0.0180. The lowest BCUT2D eigenvalue weighted by Crippen LogP contribution is -2.24. The second-order valence-corrected chi connectivity index (χ2v) is 3.84. The number of hydrogen-bond donors (Lipinski definition) is 2. The van der Waals surface area contributed by atoms with Crippen LogP contribution in [0.25, 0.3) is 0 Å². The largest absolute Gasteiger partial charge is 0.352 e. The second-order valence-electron chi connectivity index (χ2n) is 3.84. The smallest absolute Gasteiger partial charge is 0.251 e. The Hall–Kier alpha value is -1.35. The van der Waals surface area contributed by atoms with Crippen molar-refractivity contribution in [3.63, 3.8) is 0 Å². The highest BCUT2D eigenvalue weighted by Crippen LogP contribution is 2.04. The van der Waals surface area contributed by atoms with E-state index in [1.165, 1.54) is 5.56 Å². The molecule has 1 amide bonds. The first kappa shape index (κ1) is 12.7. The maximum absolute atomic E-state index is 11.7. The maximum atomic E-state index is 11.7. The van der Waals surface area contributed by atoms with Gasteiger partial charge in [0, 0.05) is 18.7 Å². The van der Waals surface area contributed by atoms with Gasteiger partial charge in [-0.2, -0.15) is 0 Å². The molecule has 88 valence electrons. The Morgan fingerprint density at radius 2 is 1.94 bits per heavy atom. The van der Waals surface area contributed by atoms with Crippen molar-refractivity contribution in [2.45, 2.75) is 26.3 Å². The van der Waals surface area contributed by atoms with Gasteiger partial charge in [0.15, 0.2) is 0 Å². The van der Waals surface area contributed by atoms with Crippen LogP contribution in [0.3, 0.4) is 0 Å². The number of benzene rings is 1. The molecule has 0 radical (unpaired) electrons. The van der Waals surface area contributed by atoms with Gasteiger partial charge in [-0.1, -0.05) is 25.5 Å². The zero-order valence-corrected chi connectivity index (χ0v) is 10.0. The van der Waals surface area contributed by atoms with Crippen molar-refractivity contribution in [2.24, 2.45) is 0 Å². The van der Waals surface area contributed by atoms with Crippen LogP contribution in [0.5, 0.6) is 0 Å². The molecule has 2 N–H and O–H groups in total. The van der Waals surface area contributed by atoms with Crippen LogP contribution < -0.4 is 10.6 Å². The van der Waals surface area contributed by atoms with E-state index < -0.39 is 0 Å². The standard InChI is InChI=1S/C13H20N2O/c1-3-4-9-15-13(16)12-7-5-11(6-8-12)10-14-2/h5-8,14H,3-4,9-10H2,1-2H3,(H,15,16). The number of nitrogens with one attached hydrogen (secondary N) is 2. The molecular formula is C13H20N2O. The minimum atomic E-state index is 0.0180. The highest BCUT2D eigenvalue weighted by molar-refractivity contribution is 5.94. The van der Waals surface area contributed by atoms with E-state index in [-0.39, 0.29) is 5.91 Å². The average molecular weight is 220 g/mol. The van der Waals surface area contributed by atoms with Gasteiger partial charge in [0.1, 0.15) is 0 Å². The Morgan fingerprint density at radius 1 is 1.25 bits per heavy atom. The van der Waals surface area contributed by atoms with E-state index in [4.69, 9.17) is 0 Å². The highest BCUT2D eigenvalue weighted by atomic mass is 16.1. The molecular weight excluding hydrogens is 200 g/mol. The summed E-state index contributed by atoms with van der Waals surface area (Å²) < 4.78 is 0. The molecule has 0 bridgehead atoms. The molecule has 3 nitrogen and oxygen atoms in total. The Kier molecular flexibility index (Phi) is 5.57. The first-order valence-corrected chi connectivity index (χ1v) is 5.79. The first-order chi connectivity index (χ1) is 7.77. The normalized spacial score (nSPS) is 10.1. The molecule has 0 heterocycles. The van der Waals surface area contributed by atoms with Gasteiger partial charge in [0.2, 0.25) is 0 Å². The Morgan fingerprint density at radius 3 is 2.50 bits per heavy atom. The van der Waals surface area contributed by atoms with Crippen LogP contribution >= 0.6 is 0 Å². The summed E-state index contributed by atoms with van der Waals surface area (Å²) in [6.07, 6.45) is 2.13. The summed E-state index contributed by atoms with van der Waals surface area (Å²) in [6.45, 7) is 3.70. The van der Waals surface area contributed by atoms with Crippen LogP contribution in [0, 0.1) is 0 Å². The van der Waals surface area contributed by atoms with E-state index in [1.54, 1.807) is 0 Å². The van der Waals surface area contributed by atoms with E-state index >= 15 is 0 Å². The predicted octanol–water partition coefficient (Wildman–Crippen LogP) is 1.94. The third-order valence-corrected chi connectivity index (χ3v) is 2.41. The molecule has 3 heteroatoms. The van der Waals surface area contributed by atoms with E-state index in [9.17, 15) is 4.79 Å². The fourth-order valence-corrected chi connectivity index (χ4v) is 1.46. The number of rotatable bonds is 6. The van der Waals surface area contributed by atoms with Crippen LogP contribution in [0.1, 0.15) is 35.7 Å². The van der Waals surface area contributed by atoms with Crippen LogP contribution in [-0.4, -0.2) is 19.5 Å². The molecule has 1 aromatic rings. The summed E-state index contributed by atoms with van der Waals surface area (Å²) in [4.78, 5) is 11.7. The maximum Gasteiger partial charge on any atom is 0.251 e. The number of unbranched alkanes of at least 4 members (excludes halogenated alkanes) is 1. The fraction of sp³-hybridized carbons (Fsp3) is 0.462. The van der Waals surface area contributed by atoms with Crippen LogP contribution in [0.15, 0.2) is 24.3 Å². The van der Waals surface area contributed by atoms with Crippen molar-refractivity contribution >= 4 is 5.91 Å². The Labute approximate surface area is 97.2 Å². The van der Waals surface area contributed by atoms with E-state index in [1.807, 2.05) is 31.3 Å². The van der Waals surface area contributed by atoms with Crippen molar-refractivity contribution in [3.8, 4) is 0 Å². The van der Waals surface area contributed by atoms with E-state index in [0.717, 1.165) is 31.5 Å². The Balaban J connectivity index is 2.49. The monoisotopic (exact) mass is 220 g/mol. The van der Waals surface area contributed by atoms with Gasteiger partial charge in [0.05, 0.1) is 0 Å². The molecule has 0 saturated carbocycles. The van der Waals surface area contributed by atoms with E-state index in [2.05, 4.69) is 17.6 Å². The molecule has 0 saturated heterocycles. The van der Waals surface area contributed by atoms with Crippen molar-refractivity contribution in [2.75, 3.05) is 13.6 Å². The summed E-state index contributed by atoms with van der Waals surface area (Å²) in [5.41, 5.74) is 1.92. The molecule has 16 heavy (non-hydrogen) atoms. The predicted molar refractivity (Wildman–Crippen MR) is 66.4 cm³/mol.